The minimum absolute atomic E-state index is 1.00. The van der Waals surface area contributed by atoms with Crippen molar-refractivity contribution >= 4 is 17.3 Å². The van der Waals surface area contributed by atoms with Crippen LogP contribution in [-0.2, 0) is 0 Å². The van der Waals surface area contributed by atoms with Crippen LogP contribution in [0, 0.1) is 0 Å². The molecule has 0 rings (SSSR count). The zero-order chi connectivity index (χ0) is 8.95. The van der Waals surface area contributed by atoms with Crippen molar-refractivity contribution in [3.8, 4) is 0 Å². The summed E-state index contributed by atoms with van der Waals surface area (Å²) in [7, 11) is 0. The highest BCUT2D eigenvalue weighted by molar-refractivity contribution is 8.12. The van der Waals surface area contributed by atoms with Crippen molar-refractivity contribution in [1.29, 1.82) is 0 Å². The molecule has 0 bridgehead atoms. The lowest BCUT2D eigenvalue weighted by molar-refractivity contribution is 0.811. The van der Waals surface area contributed by atoms with Gasteiger partial charge >= 0.3 is 0 Å². The highest BCUT2D eigenvalue weighted by Gasteiger charge is 1.76. The van der Waals surface area contributed by atoms with Gasteiger partial charge < -0.3 is 0 Å². The molecule has 0 amide bonds. The predicted octanol–water partition coefficient (Wildman–Crippen LogP) is 3.59. The maximum atomic E-state index is 4.19. The number of nitrogens with zero attached hydrogens (tertiary/aromatic N) is 1. The van der Waals surface area contributed by atoms with Gasteiger partial charge in [-0.3, -0.25) is 4.99 Å². The molecule has 2 heteroatoms. The molecule has 0 heterocycles. The van der Waals surface area contributed by atoms with Gasteiger partial charge in [0, 0.05) is 6.54 Å². The van der Waals surface area contributed by atoms with E-state index in [4.69, 9.17) is 0 Å². The number of unbranched alkanes of at least 4 members (excludes halogenated alkanes) is 1. The molecule has 11 heavy (non-hydrogen) atoms. The highest BCUT2D eigenvalue weighted by atomic mass is 32.2. The molecule has 0 unspecified atom stereocenters. The van der Waals surface area contributed by atoms with Crippen molar-refractivity contribution in [3.63, 3.8) is 0 Å². The summed E-state index contributed by atoms with van der Waals surface area (Å²) in [5.41, 5.74) is 1.95. The lowest BCUT2D eigenvalue weighted by Crippen LogP contribution is -1.77. The van der Waals surface area contributed by atoms with Crippen molar-refractivity contribution in [3.05, 3.63) is 0 Å². The Hall–Kier alpha value is 0.0200. The minimum atomic E-state index is 1.00. The largest absolute Gasteiger partial charge is 0.286 e. The summed E-state index contributed by atoms with van der Waals surface area (Å²) < 4.78 is 0. The SMILES string of the molecule is CC.CCCCN=CSCC. The van der Waals surface area contributed by atoms with Crippen LogP contribution in [0.25, 0.3) is 0 Å². The average molecular weight is 175 g/mol. The molecular formula is C9H21NS. The van der Waals surface area contributed by atoms with E-state index >= 15 is 0 Å². The Morgan fingerprint density at radius 2 is 1.91 bits per heavy atom. The number of aliphatic imine (C=N–C) groups is 1. The third kappa shape index (κ3) is 17.8. The van der Waals surface area contributed by atoms with Crippen molar-refractivity contribution in [2.75, 3.05) is 12.3 Å². The number of rotatable bonds is 5. The van der Waals surface area contributed by atoms with Gasteiger partial charge in [-0.25, -0.2) is 0 Å². The smallest absolute Gasteiger partial charge is 0.0540 e. The molecule has 0 aliphatic heterocycles. The third-order valence-electron chi connectivity index (χ3n) is 0.957. The van der Waals surface area contributed by atoms with Crippen LogP contribution < -0.4 is 0 Å². The number of hydrogen-bond donors (Lipinski definition) is 0. The summed E-state index contributed by atoms with van der Waals surface area (Å²) in [5.74, 6) is 1.13. The summed E-state index contributed by atoms with van der Waals surface area (Å²) in [4.78, 5) is 4.19. The summed E-state index contributed by atoms with van der Waals surface area (Å²) in [5, 5.41) is 0. The van der Waals surface area contributed by atoms with E-state index in [-0.39, 0.29) is 0 Å². The van der Waals surface area contributed by atoms with Crippen LogP contribution in [-0.4, -0.2) is 17.8 Å². The molecule has 0 saturated heterocycles. The van der Waals surface area contributed by atoms with Crippen molar-refractivity contribution in [2.45, 2.75) is 40.5 Å². The van der Waals surface area contributed by atoms with Crippen molar-refractivity contribution in [1.82, 2.24) is 0 Å². The van der Waals surface area contributed by atoms with E-state index in [1.165, 1.54) is 12.8 Å². The molecule has 0 aromatic carbocycles. The van der Waals surface area contributed by atoms with E-state index < -0.39 is 0 Å². The average Bonchev–Trinajstić information content (AvgIpc) is 2.08. The predicted molar refractivity (Wildman–Crippen MR) is 57.7 cm³/mol. The molecule has 0 radical (unpaired) electrons. The molecule has 0 aromatic heterocycles. The lowest BCUT2D eigenvalue weighted by Gasteiger charge is -1.87. The van der Waals surface area contributed by atoms with Crippen LogP contribution in [0.4, 0.5) is 0 Å². The molecule has 0 spiro atoms. The van der Waals surface area contributed by atoms with Crippen LogP contribution in [0.1, 0.15) is 40.5 Å². The second-order valence-corrected chi connectivity index (χ2v) is 2.94. The van der Waals surface area contributed by atoms with E-state index in [0.29, 0.717) is 0 Å². The van der Waals surface area contributed by atoms with Gasteiger partial charge in [0.2, 0.25) is 0 Å². The first-order chi connectivity index (χ1) is 5.41. The highest BCUT2D eigenvalue weighted by Crippen LogP contribution is 1.93. The van der Waals surface area contributed by atoms with E-state index in [2.05, 4.69) is 18.8 Å². The van der Waals surface area contributed by atoms with Crippen LogP contribution in [0.15, 0.2) is 4.99 Å². The fourth-order valence-electron chi connectivity index (χ4n) is 0.429. The van der Waals surface area contributed by atoms with Crippen LogP contribution in [0.3, 0.4) is 0 Å². The van der Waals surface area contributed by atoms with E-state index in [1.54, 1.807) is 11.8 Å². The quantitative estimate of drug-likeness (QED) is 0.353. The molecule has 0 aliphatic rings. The number of hydrogen-bond acceptors (Lipinski definition) is 2. The normalized spacial score (nSPS) is 9.45. The van der Waals surface area contributed by atoms with Crippen LogP contribution in [0.5, 0.6) is 0 Å². The molecule has 0 atom stereocenters. The van der Waals surface area contributed by atoms with Gasteiger partial charge in [0.15, 0.2) is 0 Å². The summed E-state index contributed by atoms with van der Waals surface area (Å²) in [6.45, 7) is 9.32. The zero-order valence-electron chi connectivity index (χ0n) is 8.26. The second-order valence-electron chi connectivity index (χ2n) is 1.82. The topological polar surface area (TPSA) is 12.4 Å². The van der Waals surface area contributed by atoms with Gasteiger partial charge in [-0.05, 0) is 12.2 Å². The fourth-order valence-corrected chi connectivity index (χ4v) is 0.789. The second kappa shape index (κ2) is 16.5. The Balaban J connectivity index is 0. The molecule has 0 aliphatic carbocycles. The van der Waals surface area contributed by atoms with Gasteiger partial charge in [-0.15, -0.1) is 11.8 Å². The molecule has 0 fully saturated rings. The molecular weight excluding hydrogens is 154 g/mol. The van der Waals surface area contributed by atoms with Crippen LogP contribution >= 0.6 is 11.8 Å². The fraction of sp³-hybridized carbons (Fsp3) is 0.889. The lowest BCUT2D eigenvalue weighted by atomic mass is 10.3. The maximum absolute atomic E-state index is 4.19. The maximum Gasteiger partial charge on any atom is 0.0540 e. The first-order valence-corrected chi connectivity index (χ1v) is 5.56. The molecule has 0 N–H and O–H groups in total. The van der Waals surface area contributed by atoms with Gasteiger partial charge in [-0.1, -0.05) is 34.1 Å². The van der Waals surface area contributed by atoms with E-state index in [1.807, 2.05) is 19.4 Å². The Bertz CT molecular complexity index is 72.0. The number of thioether (sulfide) groups is 1. The van der Waals surface area contributed by atoms with Gasteiger partial charge in [0.05, 0.1) is 5.55 Å². The monoisotopic (exact) mass is 175 g/mol. The zero-order valence-corrected chi connectivity index (χ0v) is 9.08. The Morgan fingerprint density at radius 1 is 1.27 bits per heavy atom. The van der Waals surface area contributed by atoms with Gasteiger partial charge in [0.1, 0.15) is 0 Å². The molecule has 0 saturated carbocycles. The first-order valence-electron chi connectivity index (χ1n) is 4.51. The summed E-state index contributed by atoms with van der Waals surface area (Å²) >= 11 is 1.77. The van der Waals surface area contributed by atoms with E-state index in [9.17, 15) is 0 Å². The standard InChI is InChI=1S/C7H15NS.C2H6/c1-3-5-6-8-7-9-4-2;1-2/h7H,3-6H2,1-2H3;1-2H3. The van der Waals surface area contributed by atoms with Gasteiger partial charge in [-0.2, -0.15) is 0 Å². The van der Waals surface area contributed by atoms with E-state index in [0.717, 1.165) is 12.3 Å². The molecule has 68 valence electrons. The minimum Gasteiger partial charge on any atom is -0.286 e. The van der Waals surface area contributed by atoms with Crippen molar-refractivity contribution in [2.24, 2.45) is 4.99 Å². The summed E-state index contributed by atoms with van der Waals surface area (Å²) in [6, 6.07) is 0. The molecule has 1 nitrogen and oxygen atoms in total. The Kier molecular flexibility index (Phi) is 20.5. The van der Waals surface area contributed by atoms with Gasteiger partial charge in [0.25, 0.3) is 0 Å². The Labute approximate surface area is 75.7 Å². The first kappa shape index (κ1) is 13.6. The summed E-state index contributed by atoms with van der Waals surface area (Å²) in [6.07, 6.45) is 2.47. The molecule has 0 aromatic rings. The van der Waals surface area contributed by atoms with Crippen molar-refractivity contribution < 1.29 is 0 Å². The third-order valence-corrected chi connectivity index (χ3v) is 1.59. The van der Waals surface area contributed by atoms with Crippen LogP contribution in [0.2, 0.25) is 0 Å². The Morgan fingerprint density at radius 3 is 2.36 bits per heavy atom.